The van der Waals surface area contributed by atoms with E-state index in [1.54, 1.807) is 0 Å². The van der Waals surface area contributed by atoms with E-state index < -0.39 is 0 Å². The molecule has 1 saturated carbocycles. The Bertz CT molecular complexity index is 496. The van der Waals surface area contributed by atoms with Crippen molar-refractivity contribution in [1.29, 1.82) is 0 Å². The van der Waals surface area contributed by atoms with E-state index in [9.17, 15) is 0 Å². The van der Waals surface area contributed by atoms with Crippen LogP contribution in [0.15, 0.2) is 28.9 Å². The molecule has 0 aliphatic heterocycles. The molecule has 0 radical (unpaired) electrons. The second-order valence-electron chi connectivity index (χ2n) is 4.65. The molecule has 4 nitrogen and oxygen atoms in total. The van der Waals surface area contributed by atoms with Crippen molar-refractivity contribution in [2.75, 3.05) is 0 Å². The minimum absolute atomic E-state index is 0.720. The minimum atomic E-state index is 0.720. The number of aromatic nitrogens is 2. The van der Waals surface area contributed by atoms with Gasteiger partial charge >= 0.3 is 0 Å². The van der Waals surface area contributed by atoms with Gasteiger partial charge in [0.15, 0.2) is 0 Å². The van der Waals surface area contributed by atoms with Crippen LogP contribution in [-0.2, 0) is 20.0 Å². The van der Waals surface area contributed by atoms with E-state index >= 15 is 0 Å². The number of nitrogens with zero attached hydrogens (tertiary/aromatic N) is 2. The molecule has 0 atom stereocenters. The van der Waals surface area contributed by atoms with Crippen molar-refractivity contribution >= 4 is 0 Å². The highest BCUT2D eigenvalue weighted by Crippen LogP contribution is 2.20. The van der Waals surface area contributed by atoms with Gasteiger partial charge in [0, 0.05) is 25.5 Å². The normalized spacial score (nSPS) is 15.4. The van der Waals surface area contributed by atoms with E-state index in [1.807, 2.05) is 36.1 Å². The zero-order valence-electron chi connectivity index (χ0n) is 10.0. The van der Waals surface area contributed by atoms with Crippen molar-refractivity contribution in [1.82, 2.24) is 14.9 Å². The maximum Gasteiger partial charge on any atom is 0.117 e. The lowest BCUT2D eigenvalue weighted by atomic mass is 10.3. The first kappa shape index (κ1) is 10.6. The zero-order valence-corrected chi connectivity index (χ0v) is 10.0. The maximum atomic E-state index is 5.77. The Morgan fingerprint density at radius 1 is 1.41 bits per heavy atom. The van der Waals surface area contributed by atoms with Crippen LogP contribution in [0.5, 0.6) is 0 Å². The Morgan fingerprint density at radius 2 is 2.24 bits per heavy atom. The highest BCUT2D eigenvalue weighted by atomic mass is 16.3. The van der Waals surface area contributed by atoms with Gasteiger partial charge in [-0.25, -0.2) is 4.98 Å². The van der Waals surface area contributed by atoms with Crippen molar-refractivity contribution in [3.63, 3.8) is 0 Å². The molecule has 0 unspecified atom stereocenters. The monoisotopic (exact) mass is 231 g/mol. The van der Waals surface area contributed by atoms with Crippen molar-refractivity contribution in [2.45, 2.75) is 31.8 Å². The van der Waals surface area contributed by atoms with Crippen LogP contribution in [0.3, 0.4) is 0 Å². The van der Waals surface area contributed by atoms with Gasteiger partial charge in [-0.05, 0) is 25.0 Å². The smallest absolute Gasteiger partial charge is 0.117 e. The van der Waals surface area contributed by atoms with Gasteiger partial charge in [0.1, 0.15) is 17.3 Å². The second-order valence-corrected chi connectivity index (χ2v) is 4.65. The quantitative estimate of drug-likeness (QED) is 0.854. The number of nitrogens with one attached hydrogen (secondary N) is 1. The summed E-state index contributed by atoms with van der Waals surface area (Å²) < 4.78 is 7.79. The number of imidazole rings is 1. The molecule has 0 amide bonds. The lowest BCUT2D eigenvalue weighted by Gasteiger charge is -2.00. The van der Waals surface area contributed by atoms with Crippen LogP contribution in [0.25, 0.3) is 0 Å². The van der Waals surface area contributed by atoms with Crippen molar-refractivity contribution in [3.05, 3.63) is 41.9 Å². The summed E-state index contributed by atoms with van der Waals surface area (Å²) in [5.74, 6) is 3.02. The Balaban J connectivity index is 1.61. The predicted octanol–water partition coefficient (Wildman–Crippen LogP) is 1.86. The van der Waals surface area contributed by atoms with Crippen LogP contribution in [0.1, 0.15) is 30.2 Å². The minimum Gasteiger partial charge on any atom is -0.464 e. The number of hydrogen-bond donors (Lipinski definition) is 1. The van der Waals surface area contributed by atoms with Crippen molar-refractivity contribution in [2.24, 2.45) is 7.05 Å². The maximum absolute atomic E-state index is 5.77. The third kappa shape index (κ3) is 2.58. The summed E-state index contributed by atoms with van der Waals surface area (Å²) in [5.41, 5.74) is 0. The Hall–Kier alpha value is -1.55. The molecule has 1 aliphatic carbocycles. The van der Waals surface area contributed by atoms with E-state index in [1.165, 1.54) is 12.8 Å². The van der Waals surface area contributed by atoms with Crippen molar-refractivity contribution in [3.8, 4) is 0 Å². The summed E-state index contributed by atoms with van der Waals surface area (Å²) in [6.45, 7) is 0.839. The third-order valence-corrected chi connectivity index (χ3v) is 3.11. The molecule has 4 heteroatoms. The fraction of sp³-hybridized carbons (Fsp3) is 0.462. The molecule has 2 aromatic heterocycles. The van der Waals surface area contributed by atoms with Crippen LogP contribution in [0.4, 0.5) is 0 Å². The Morgan fingerprint density at radius 3 is 2.94 bits per heavy atom. The van der Waals surface area contributed by atoms with E-state index in [2.05, 4.69) is 10.3 Å². The highest BCUT2D eigenvalue weighted by Gasteiger charge is 2.20. The first-order valence-corrected chi connectivity index (χ1v) is 6.08. The summed E-state index contributed by atoms with van der Waals surface area (Å²) >= 11 is 0. The average molecular weight is 231 g/mol. The number of furan rings is 1. The molecule has 90 valence electrons. The molecule has 0 spiro atoms. The lowest BCUT2D eigenvalue weighted by Crippen LogP contribution is -2.14. The SMILES string of the molecule is Cn1ccnc1Cc1ccc(CNC2CC2)o1. The molecule has 0 bridgehead atoms. The van der Waals surface area contributed by atoms with Crippen LogP contribution >= 0.6 is 0 Å². The molecule has 1 fully saturated rings. The van der Waals surface area contributed by atoms with E-state index in [4.69, 9.17) is 4.42 Å². The van der Waals surface area contributed by atoms with Crippen LogP contribution in [-0.4, -0.2) is 15.6 Å². The molecular formula is C13H17N3O. The van der Waals surface area contributed by atoms with Gasteiger partial charge in [-0.3, -0.25) is 0 Å². The van der Waals surface area contributed by atoms with Gasteiger partial charge in [0.05, 0.1) is 13.0 Å². The number of aryl methyl sites for hydroxylation is 1. The standard InChI is InChI=1S/C13H17N3O/c1-16-7-6-14-13(16)8-11-4-5-12(17-11)9-15-10-2-3-10/h4-7,10,15H,2-3,8-9H2,1H3. The fourth-order valence-electron chi connectivity index (χ4n) is 1.87. The number of hydrogen-bond acceptors (Lipinski definition) is 3. The van der Waals surface area contributed by atoms with Gasteiger partial charge < -0.3 is 14.3 Å². The molecular weight excluding hydrogens is 214 g/mol. The number of rotatable bonds is 5. The lowest BCUT2D eigenvalue weighted by molar-refractivity contribution is 0.449. The summed E-state index contributed by atoms with van der Waals surface area (Å²) in [7, 11) is 2.00. The van der Waals surface area contributed by atoms with Crippen LogP contribution in [0.2, 0.25) is 0 Å². The Kier molecular flexibility index (Phi) is 2.73. The molecule has 0 aromatic carbocycles. The predicted molar refractivity (Wildman–Crippen MR) is 64.6 cm³/mol. The molecule has 2 heterocycles. The second kappa shape index (κ2) is 4.37. The first-order valence-electron chi connectivity index (χ1n) is 6.08. The van der Waals surface area contributed by atoms with Crippen LogP contribution < -0.4 is 5.32 Å². The summed E-state index contributed by atoms with van der Waals surface area (Å²) in [6.07, 6.45) is 7.14. The largest absolute Gasteiger partial charge is 0.464 e. The molecule has 2 aromatic rings. The Labute approximate surface area is 101 Å². The molecule has 1 aliphatic rings. The topological polar surface area (TPSA) is 43.0 Å². The highest BCUT2D eigenvalue weighted by molar-refractivity contribution is 5.12. The zero-order chi connectivity index (χ0) is 11.7. The van der Waals surface area contributed by atoms with Gasteiger partial charge in [0.25, 0.3) is 0 Å². The average Bonchev–Trinajstić information content (AvgIpc) is 2.92. The van der Waals surface area contributed by atoms with Gasteiger partial charge in [-0.1, -0.05) is 0 Å². The summed E-state index contributed by atoms with van der Waals surface area (Å²) in [4.78, 5) is 4.29. The van der Waals surface area contributed by atoms with E-state index in [0.29, 0.717) is 0 Å². The molecule has 17 heavy (non-hydrogen) atoms. The molecule has 1 N–H and O–H groups in total. The fourth-order valence-corrected chi connectivity index (χ4v) is 1.87. The summed E-state index contributed by atoms with van der Waals surface area (Å²) in [5, 5.41) is 3.44. The van der Waals surface area contributed by atoms with E-state index in [0.717, 1.165) is 36.4 Å². The first-order chi connectivity index (χ1) is 8.31. The van der Waals surface area contributed by atoms with Crippen LogP contribution in [0, 0.1) is 0 Å². The molecule has 3 rings (SSSR count). The third-order valence-electron chi connectivity index (χ3n) is 3.11. The van der Waals surface area contributed by atoms with Crippen molar-refractivity contribution < 1.29 is 4.42 Å². The molecule has 0 saturated heterocycles. The van der Waals surface area contributed by atoms with E-state index in [-0.39, 0.29) is 0 Å². The summed E-state index contributed by atoms with van der Waals surface area (Å²) in [6, 6.07) is 4.81. The van der Waals surface area contributed by atoms with Gasteiger partial charge in [-0.15, -0.1) is 0 Å². The van der Waals surface area contributed by atoms with Gasteiger partial charge in [0.2, 0.25) is 0 Å². The van der Waals surface area contributed by atoms with Gasteiger partial charge in [-0.2, -0.15) is 0 Å².